The highest BCUT2D eigenvalue weighted by molar-refractivity contribution is 5.92. The Hall–Kier alpha value is -2.93. The van der Waals surface area contributed by atoms with Gasteiger partial charge in [0.15, 0.2) is 5.69 Å². The van der Waals surface area contributed by atoms with Crippen molar-refractivity contribution in [3.8, 4) is 0 Å². The van der Waals surface area contributed by atoms with Crippen LogP contribution in [0.1, 0.15) is 21.6 Å². The Morgan fingerprint density at radius 1 is 1.21 bits per heavy atom. The summed E-state index contributed by atoms with van der Waals surface area (Å²) in [6, 6.07) is 11.5. The summed E-state index contributed by atoms with van der Waals surface area (Å²) in [7, 11) is 0. The fourth-order valence-corrected chi connectivity index (χ4v) is 2.42. The number of carbonyl (C=O) groups excluding carboxylic acids is 1. The minimum atomic E-state index is -0.284. The van der Waals surface area contributed by atoms with E-state index in [1.54, 1.807) is 6.20 Å². The lowest BCUT2D eigenvalue weighted by Gasteiger charge is -2.19. The summed E-state index contributed by atoms with van der Waals surface area (Å²) < 4.78 is 6.53. The molecule has 1 amide bonds. The molecule has 1 N–H and O–H groups in total. The first kappa shape index (κ1) is 15.9. The Bertz CT molecular complexity index is 768. The van der Waals surface area contributed by atoms with Crippen molar-refractivity contribution in [2.45, 2.75) is 13.1 Å². The summed E-state index contributed by atoms with van der Waals surface area (Å²) >= 11 is 0. The molecule has 124 valence electrons. The zero-order valence-electron chi connectivity index (χ0n) is 13.1. The number of rotatable bonds is 7. The van der Waals surface area contributed by atoms with Crippen molar-refractivity contribution in [1.82, 2.24) is 19.8 Å². The number of aliphatic hydroxyl groups is 1. The molecule has 0 saturated heterocycles. The van der Waals surface area contributed by atoms with Crippen molar-refractivity contribution in [3.05, 3.63) is 71.9 Å². The van der Waals surface area contributed by atoms with Gasteiger partial charge in [0.2, 0.25) is 0 Å². The van der Waals surface area contributed by atoms with Gasteiger partial charge in [0.1, 0.15) is 6.26 Å². The third-order valence-electron chi connectivity index (χ3n) is 3.56. The molecule has 2 aromatic heterocycles. The van der Waals surface area contributed by atoms with Crippen molar-refractivity contribution in [3.63, 3.8) is 0 Å². The van der Waals surface area contributed by atoms with Crippen molar-refractivity contribution >= 4 is 5.91 Å². The number of carbonyl (C=O) groups is 1. The van der Waals surface area contributed by atoms with Gasteiger partial charge in [-0.05, 0) is 5.56 Å². The maximum atomic E-state index is 12.4. The molecule has 0 spiro atoms. The Morgan fingerprint density at radius 2 is 2.04 bits per heavy atom. The summed E-state index contributed by atoms with van der Waals surface area (Å²) in [4.78, 5) is 13.9. The topological polar surface area (TPSA) is 84.4 Å². The van der Waals surface area contributed by atoms with Gasteiger partial charge in [-0.25, -0.2) is 0 Å². The van der Waals surface area contributed by atoms with Crippen molar-refractivity contribution in [2.75, 3.05) is 13.2 Å². The van der Waals surface area contributed by atoms with Gasteiger partial charge in [-0.15, -0.1) is 0 Å². The van der Waals surface area contributed by atoms with E-state index in [2.05, 4.69) is 10.3 Å². The molecule has 2 heterocycles. The number of aromatic nitrogens is 3. The fraction of sp³-hybridized carbons (Fsp3) is 0.235. The minimum absolute atomic E-state index is 0.123. The molecule has 0 radical (unpaired) electrons. The lowest BCUT2D eigenvalue weighted by molar-refractivity contribution is 0.0697. The fourth-order valence-electron chi connectivity index (χ4n) is 2.42. The Morgan fingerprint density at radius 3 is 2.75 bits per heavy atom. The Kier molecular flexibility index (Phi) is 5.02. The van der Waals surface area contributed by atoms with E-state index in [9.17, 15) is 9.90 Å². The van der Waals surface area contributed by atoms with Crippen LogP contribution >= 0.6 is 0 Å². The number of amides is 1. The van der Waals surface area contributed by atoms with Crippen molar-refractivity contribution in [2.24, 2.45) is 0 Å². The normalized spacial score (nSPS) is 10.7. The molecule has 0 aliphatic rings. The molecule has 0 fully saturated rings. The zero-order chi connectivity index (χ0) is 16.8. The summed E-state index contributed by atoms with van der Waals surface area (Å²) in [5, 5.41) is 17.2. The molecule has 0 bridgehead atoms. The molecule has 3 aromatic rings. The number of nitrogens with zero attached hydrogens (tertiary/aromatic N) is 4. The first-order chi connectivity index (χ1) is 11.8. The summed E-state index contributed by atoms with van der Waals surface area (Å²) in [6.45, 7) is 1.11. The standard InChI is InChI=1S/C17H18N4O3/c22-8-7-20(17(23)16-6-9-24-19-16)11-15-10-18-21(13-15)12-14-4-2-1-3-5-14/h1-6,9-10,13,22H,7-8,11-12H2. The Labute approximate surface area is 139 Å². The second-order valence-corrected chi connectivity index (χ2v) is 5.37. The van der Waals surface area contributed by atoms with Crippen LogP contribution in [-0.4, -0.2) is 44.0 Å². The third kappa shape index (κ3) is 3.88. The molecule has 1 aromatic carbocycles. The van der Waals surface area contributed by atoms with Gasteiger partial charge in [-0.2, -0.15) is 5.10 Å². The van der Waals surface area contributed by atoms with Crippen LogP contribution in [0.15, 0.2) is 59.6 Å². The SMILES string of the molecule is O=C(c1ccon1)N(CCO)Cc1cnn(Cc2ccccc2)c1. The first-order valence-corrected chi connectivity index (χ1v) is 7.62. The molecule has 0 unspecified atom stereocenters. The maximum absolute atomic E-state index is 12.4. The summed E-state index contributed by atoms with van der Waals surface area (Å²) in [5.41, 5.74) is 2.26. The van der Waals surface area contributed by atoms with Gasteiger partial charge < -0.3 is 14.5 Å². The lowest BCUT2D eigenvalue weighted by atomic mass is 10.2. The van der Waals surface area contributed by atoms with Crippen LogP contribution in [0, 0.1) is 0 Å². The summed E-state index contributed by atoms with van der Waals surface area (Å²) in [6.07, 6.45) is 4.97. The summed E-state index contributed by atoms with van der Waals surface area (Å²) in [5.74, 6) is -0.284. The minimum Gasteiger partial charge on any atom is -0.395 e. The van der Waals surface area contributed by atoms with E-state index in [0.717, 1.165) is 11.1 Å². The molecule has 0 aliphatic heterocycles. The van der Waals surface area contributed by atoms with Gasteiger partial charge in [0, 0.05) is 30.9 Å². The highest BCUT2D eigenvalue weighted by Crippen LogP contribution is 2.10. The maximum Gasteiger partial charge on any atom is 0.276 e. The first-order valence-electron chi connectivity index (χ1n) is 7.62. The molecule has 0 aliphatic carbocycles. The molecule has 7 nitrogen and oxygen atoms in total. The van der Waals surface area contributed by atoms with E-state index < -0.39 is 0 Å². The van der Waals surface area contributed by atoms with E-state index >= 15 is 0 Å². The van der Waals surface area contributed by atoms with Crippen LogP contribution in [0.5, 0.6) is 0 Å². The predicted molar refractivity (Wildman–Crippen MR) is 86.1 cm³/mol. The average molecular weight is 326 g/mol. The smallest absolute Gasteiger partial charge is 0.276 e. The van der Waals surface area contributed by atoms with E-state index in [4.69, 9.17) is 4.52 Å². The van der Waals surface area contributed by atoms with Crippen LogP contribution in [0.4, 0.5) is 0 Å². The van der Waals surface area contributed by atoms with Crippen LogP contribution < -0.4 is 0 Å². The van der Waals surface area contributed by atoms with Crippen molar-refractivity contribution in [1.29, 1.82) is 0 Å². The molecule has 0 saturated carbocycles. The molecular weight excluding hydrogens is 308 g/mol. The molecule has 7 heteroatoms. The zero-order valence-corrected chi connectivity index (χ0v) is 13.1. The average Bonchev–Trinajstić information content (AvgIpc) is 3.27. The van der Waals surface area contributed by atoms with Gasteiger partial charge in [-0.3, -0.25) is 9.48 Å². The van der Waals surface area contributed by atoms with Crippen LogP contribution in [0.2, 0.25) is 0 Å². The highest BCUT2D eigenvalue weighted by atomic mass is 16.5. The van der Waals surface area contributed by atoms with Gasteiger partial charge in [0.05, 0.1) is 19.3 Å². The van der Waals surface area contributed by atoms with Crippen LogP contribution in [-0.2, 0) is 13.1 Å². The van der Waals surface area contributed by atoms with E-state index in [1.165, 1.54) is 17.2 Å². The predicted octanol–water partition coefficient (Wildman–Crippen LogP) is 1.55. The second-order valence-electron chi connectivity index (χ2n) is 5.37. The van der Waals surface area contributed by atoms with E-state index in [-0.39, 0.29) is 24.8 Å². The van der Waals surface area contributed by atoms with Crippen molar-refractivity contribution < 1.29 is 14.4 Å². The number of hydrogen-bond acceptors (Lipinski definition) is 5. The monoisotopic (exact) mass is 326 g/mol. The second kappa shape index (κ2) is 7.56. The van der Waals surface area contributed by atoms with Crippen LogP contribution in [0.25, 0.3) is 0 Å². The Balaban J connectivity index is 1.68. The molecular formula is C17H18N4O3. The number of benzene rings is 1. The van der Waals surface area contributed by atoms with E-state index in [0.29, 0.717) is 13.1 Å². The van der Waals surface area contributed by atoms with E-state index in [1.807, 2.05) is 41.2 Å². The molecule has 0 atom stereocenters. The number of aliphatic hydroxyl groups excluding tert-OH is 1. The third-order valence-corrected chi connectivity index (χ3v) is 3.56. The molecule has 3 rings (SSSR count). The van der Waals surface area contributed by atoms with Gasteiger partial charge in [-0.1, -0.05) is 35.5 Å². The lowest BCUT2D eigenvalue weighted by Crippen LogP contribution is -2.33. The number of hydrogen-bond donors (Lipinski definition) is 1. The largest absolute Gasteiger partial charge is 0.395 e. The molecule has 24 heavy (non-hydrogen) atoms. The van der Waals surface area contributed by atoms with Gasteiger partial charge >= 0.3 is 0 Å². The van der Waals surface area contributed by atoms with Crippen LogP contribution in [0.3, 0.4) is 0 Å². The highest BCUT2D eigenvalue weighted by Gasteiger charge is 2.18. The quantitative estimate of drug-likeness (QED) is 0.712. The van der Waals surface area contributed by atoms with Gasteiger partial charge in [0.25, 0.3) is 5.91 Å².